The van der Waals surface area contributed by atoms with Crippen LogP contribution in [0.2, 0.25) is 0 Å². The number of furan rings is 1. The van der Waals surface area contributed by atoms with Gasteiger partial charge in [0.2, 0.25) is 0 Å². The summed E-state index contributed by atoms with van der Waals surface area (Å²) in [6.45, 7) is 3.46. The Labute approximate surface area is 156 Å². The Morgan fingerprint density at radius 1 is 1.26 bits per heavy atom. The van der Waals surface area contributed by atoms with E-state index in [1.54, 1.807) is 24.3 Å². The van der Waals surface area contributed by atoms with Crippen LogP contribution in [0.3, 0.4) is 0 Å². The smallest absolute Gasteiger partial charge is 0.311 e. The first-order valence-corrected chi connectivity index (χ1v) is 8.43. The summed E-state index contributed by atoms with van der Waals surface area (Å²) >= 11 is 0. The molecule has 27 heavy (non-hydrogen) atoms. The fraction of sp³-hybridized carbons (Fsp3) is 0.190. The summed E-state index contributed by atoms with van der Waals surface area (Å²) in [5.74, 6) is -0.988. The van der Waals surface area contributed by atoms with Gasteiger partial charge in [-0.15, -0.1) is 0 Å². The molecule has 0 aliphatic carbocycles. The van der Waals surface area contributed by atoms with Crippen LogP contribution in [0, 0.1) is 18.3 Å². The van der Waals surface area contributed by atoms with Crippen molar-refractivity contribution in [1.82, 2.24) is 0 Å². The van der Waals surface area contributed by atoms with E-state index in [1.165, 1.54) is 13.2 Å². The normalized spacial score (nSPS) is 11.6. The Morgan fingerprint density at radius 2 is 2.07 bits per heavy atom. The first-order chi connectivity index (χ1) is 13.0. The number of nitriles is 1. The van der Waals surface area contributed by atoms with Crippen molar-refractivity contribution < 1.29 is 18.7 Å². The van der Waals surface area contributed by atoms with Gasteiger partial charge in [0.05, 0.1) is 24.3 Å². The number of aryl methyl sites for hydroxylation is 1. The highest BCUT2D eigenvalue weighted by molar-refractivity contribution is 5.95. The van der Waals surface area contributed by atoms with E-state index in [0.29, 0.717) is 22.4 Å². The summed E-state index contributed by atoms with van der Waals surface area (Å²) < 4.78 is 10.7. The first kappa shape index (κ1) is 18.2. The van der Waals surface area contributed by atoms with Gasteiger partial charge in [-0.25, -0.2) is 0 Å². The Hall–Kier alpha value is -3.59. The summed E-state index contributed by atoms with van der Waals surface area (Å²) in [6.07, 6.45) is 0.574. The summed E-state index contributed by atoms with van der Waals surface area (Å²) in [4.78, 5) is 24.4. The van der Waals surface area contributed by atoms with Crippen LogP contribution >= 0.6 is 0 Å². The maximum atomic E-state index is 12.2. The maximum Gasteiger partial charge on any atom is 0.311 e. The number of hydrogen-bond acceptors (Lipinski definition) is 5. The molecule has 0 spiro atoms. The summed E-state index contributed by atoms with van der Waals surface area (Å²) in [7, 11) is 0. The molecular weight excluding hydrogens is 344 g/mol. The first-order valence-electron chi connectivity index (χ1n) is 8.43. The number of hydrogen-bond donors (Lipinski definition) is 1. The molecule has 6 nitrogen and oxygen atoms in total. The van der Waals surface area contributed by atoms with Crippen molar-refractivity contribution in [1.29, 1.82) is 5.26 Å². The van der Waals surface area contributed by atoms with E-state index >= 15 is 0 Å². The van der Waals surface area contributed by atoms with Gasteiger partial charge >= 0.3 is 5.97 Å². The Kier molecular flexibility index (Phi) is 5.23. The lowest BCUT2D eigenvalue weighted by molar-refractivity contribution is -0.152. The van der Waals surface area contributed by atoms with Gasteiger partial charge in [-0.1, -0.05) is 18.2 Å². The molecule has 1 atom stereocenters. The summed E-state index contributed by atoms with van der Waals surface area (Å²) in [5.41, 5.74) is 3.39. The SMILES string of the molecule is Cc1ccc2c(CC(=O)OC(C)C(=O)Nc3cccc(C#N)c3)coc2c1. The third-order valence-corrected chi connectivity index (χ3v) is 4.08. The number of ether oxygens (including phenoxy) is 1. The number of carbonyl (C=O) groups is 2. The number of rotatable bonds is 5. The van der Waals surface area contributed by atoms with Crippen LogP contribution in [0.15, 0.2) is 53.1 Å². The second-order valence-electron chi connectivity index (χ2n) is 6.25. The van der Waals surface area contributed by atoms with Gasteiger partial charge < -0.3 is 14.5 Å². The molecule has 0 radical (unpaired) electrons. The van der Waals surface area contributed by atoms with Gasteiger partial charge in [-0.05, 0) is 43.7 Å². The molecule has 1 unspecified atom stereocenters. The fourth-order valence-corrected chi connectivity index (χ4v) is 2.69. The zero-order chi connectivity index (χ0) is 19.4. The highest BCUT2D eigenvalue weighted by atomic mass is 16.5. The topological polar surface area (TPSA) is 92.3 Å². The van der Waals surface area contributed by atoms with Crippen molar-refractivity contribution in [2.75, 3.05) is 5.32 Å². The highest BCUT2D eigenvalue weighted by Crippen LogP contribution is 2.23. The molecule has 0 saturated heterocycles. The standard InChI is InChI=1S/C21H18N2O4/c1-13-6-7-18-16(12-26-19(18)8-13)10-20(24)27-14(2)21(25)23-17-5-3-4-15(9-17)11-22/h3-9,12,14H,10H2,1-2H3,(H,23,25). The van der Waals surface area contributed by atoms with Crippen molar-refractivity contribution in [2.45, 2.75) is 26.4 Å². The van der Waals surface area contributed by atoms with E-state index in [1.807, 2.05) is 31.2 Å². The molecule has 3 aromatic rings. The lowest BCUT2D eigenvalue weighted by atomic mass is 10.1. The lowest BCUT2D eigenvalue weighted by Gasteiger charge is -2.13. The molecule has 2 aromatic carbocycles. The van der Waals surface area contributed by atoms with Gasteiger partial charge in [0, 0.05) is 16.6 Å². The van der Waals surface area contributed by atoms with E-state index in [4.69, 9.17) is 14.4 Å². The molecule has 0 saturated carbocycles. The molecule has 136 valence electrons. The van der Waals surface area contributed by atoms with Crippen molar-refractivity contribution in [2.24, 2.45) is 0 Å². The van der Waals surface area contributed by atoms with Gasteiger partial charge in [-0.2, -0.15) is 5.26 Å². The fourth-order valence-electron chi connectivity index (χ4n) is 2.69. The number of anilines is 1. The van der Waals surface area contributed by atoms with E-state index in [2.05, 4.69) is 5.32 Å². The summed E-state index contributed by atoms with van der Waals surface area (Å²) in [6, 6.07) is 14.2. The lowest BCUT2D eigenvalue weighted by Crippen LogP contribution is -2.30. The Bertz CT molecular complexity index is 1050. The highest BCUT2D eigenvalue weighted by Gasteiger charge is 2.19. The molecule has 3 rings (SSSR count). The molecule has 1 heterocycles. The second kappa shape index (κ2) is 7.75. The van der Waals surface area contributed by atoms with Crippen LogP contribution in [0.4, 0.5) is 5.69 Å². The zero-order valence-electron chi connectivity index (χ0n) is 15.0. The van der Waals surface area contributed by atoms with E-state index < -0.39 is 18.0 Å². The van der Waals surface area contributed by atoms with Crippen LogP contribution in [0.1, 0.15) is 23.6 Å². The maximum absolute atomic E-state index is 12.2. The minimum atomic E-state index is -0.969. The molecule has 1 amide bonds. The molecule has 0 aliphatic rings. The van der Waals surface area contributed by atoms with E-state index in [0.717, 1.165) is 10.9 Å². The third kappa shape index (κ3) is 4.33. The number of esters is 1. The third-order valence-electron chi connectivity index (χ3n) is 4.08. The largest absolute Gasteiger partial charge is 0.464 e. The number of amides is 1. The minimum absolute atomic E-state index is 0.0115. The zero-order valence-corrected chi connectivity index (χ0v) is 15.0. The van der Waals surface area contributed by atoms with Crippen LogP contribution in [-0.4, -0.2) is 18.0 Å². The van der Waals surface area contributed by atoms with Gasteiger partial charge in [-0.3, -0.25) is 9.59 Å². The number of fused-ring (bicyclic) bond motifs is 1. The van der Waals surface area contributed by atoms with Gasteiger partial charge in [0.25, 0.3) is 5.91 Å². The van der Waals surface area contributed by atoms with Crippen LogP contribution < -0.4 is 5.32 Å². The van der Waals surface area contributed by atoms with Crippen molar-refractivity contribution >= 4 is 28.5 Å². The number of benzene rings is 2. The number of carbonyl (C=O) groups excluding carboxylic acids is 2. The summed E-state index contributed by atoms with van der Waals surface area (Å²) in [5, 5.41) is 12.4. The van der Waals surface area contributed by atoms with Gasteiger partial charge in [0.15, 0.2) is 6.10 Å². The van der Waals surface area contributed by atoms with Crippen molar-refractivity contribution in [3.63, 3.8) is 0 Å². The molecule has 1 N–H and O–H groups in total. The molecule has 0 bridgehead atoms. The monoisotopic (exact) mass is 362 g/mol. The van der Waals surface area contributed by atoms with Gasteiger partial charge in [0.1, 0.15) is 5.58 Å². The Morgan fingerprint density at radius 3 is 2.85 bits per heavy atom. The molecule has 6 heteroatoms. The van der Waals surface area contributed by atoms with Crippen LogP contribution in [0.5, 0.6) is 0 Å². The number of nitrogens with zero attached hydrogens (tertiary/aromatic N) is 1. The molecular formula is C21H18N2O4. The van der Waals surface area contributed by atoms with Crippen LogP contribution in [-0.2, 0) is 20.7 Å². The average Bonchev–Trinajstić information content (AvgIpc) is 3.03. The predicted octanol–water partition coefficient (Wildman–Crippen LogP) is 3.73. The molecule has 0 aliphatic heterocycles. The van der Waals surface area contributed by atoms with E-state index in [9.17, 15) is 9.59 Å². The predicted molar refractivity (Wildman–Crippen MR) is 100.0 cm³/mol. The molecule has 0 fully saturated rings. The quantitative estimate of drug-likeness (QED) is 0.698. The average molecular weight is 362 g/mol. The Balaban J connectivity index is 1.61. The molecule has 1 aromatic heterocycles. The minimum Gasteiger partial charge on any atom is -0.464 e. The number of nitrogens with one attached hydrogen (secondary N) is 1. The van der Waals surface area contributed by atoms with E-state index in [-0.39, 0.29) is 6.42 Å². The van der Waals surface area contributed by atoms with Crippen molar-refractivity contribution in [3.8, 4) is 6.07 Å². The van der Waals surface area contributed by atoms with Crippen LogP contribution in [0.25, 0.3) is 11.0 Å². The van der Waals surface area contributed by atoms with Crippen molar-refractivity contribution in [3.05, 3.63) is 65.4 Å². The second-order valence-corrected chi connectivity index (χ2v) is 6.25.